The zero-order chi connectivity index (χ0) is 22.5. The van der Waals surface area contributed by atoms with Crippen molar-refractivity contribution in [3.63, 3.8) is 0 Å². The number of ether oxygens (including phenoxy) is 1. The smallest absolute Gasteiger partial charge is 0.232 e. The van der Waals surface area contributed by atoms with Crippen LogP contribution in [0.4, 0.5) is 17.6 Å². The molecule has 1 aromatic heterocycles. The Kier molecular flexibility index (Phi) is 7.65. The molecule has 0 aliphatic carbocycles. The number of morpholine rings is 1. The van der Waals surface area contributed by atoms with E-state index in [1.54, 1.807) is 0 Å². The minimum absolute atomic E-state index is 0.468. The van der Waals surface area contributed by atoms with Gasteiger partial charge in [-0.15, -0.1) is 0 Å². The van der Waals surface area contributed by atoms with Gasteiger partial charge in [0.05, 0.1) is 13.2 Å². The molecule has 3 heterocycles. The Hall–Kier alpha value is -2.16. The molecule has 0 bridgehead atoms. The predicted octanol–water partition coefficient (Wildman–Crippen LogP) is 3.94. The fourth-order valence-electron chi connectivity index (χ4n) is 4.41. The highest BCUT2D eigenvalue weighted by Crippen LogP contribution is 2.28. The monoisotopic (exact) mass is 474 g/mol. The van der Waals surface area contributed by atoms with E-state index in [0.717, 1.165) is 43.4 Å². The summed E-state index contributed by atoms with van der Waals surface area (Å²) in [4.78, 5) is 14.2. The summed E-state index contributed by atoms with van der Waals surface area (Å²) in [6.07, 6.45) is 1.25. The van der Waals surface area contributed by atoms with Crippen molar-refractivity contribution >= 4 is 46.5 Å². The molecule has 0 spiro atoms. The lowest BCUT2D eigenvalue weighted by Gasteiger charge is -2.36. The van der Waals surface area contributed by atoms with Crippen LogP contribution < -0.4 is 20.4 Å². The Morgan fingerprint density at radius 2 is 1.75 bits per heavy atom. The van der Waals surface area contributed by atoms with Crippen LogP contribution in [0.3, 0.4) is 0 Å². The summed E-state index contributed by atoms with van der Waals surface area (Å²) in [5.74, 6) is 3.62. The van der Waals surface area contributed by atoms with Gasteiger partial charge in [0, 0.05) is 43.8 Å². The van der Waals surface area contributed by atoms with Crippen LogP contribution in [0, 0.1) is 11.8 Å². The zero-order valence-corrected chi connectivity index (χ0v) is 20.3. The van der Waals surface area contributed by atoms with Gasteiger partial charge in [-0.3, -0.25) is 0 Å². The van der Waals surface area contributed by atoms with E-state index in [0.29, 0.717) is 47.7 Å². The molecule has 2 saturated heterocycles. The lowest BCUT2D eigenvalue weighted by atomic mass is 9.92. The third-order valence-corrected chi connectivity index (χ3v) is 6.46. The molecule has 7 nitrogen and oxygen atoms in total. The van der Waals surface area contributed by atoms with Gasteiger partial charge in [0.15, 0.2) is 5.11 Å². The molecule has 2 aliphatic heterocycles. The number of nitrogens with one attached hydrogen (secondary N) is 2. The molecule has 2 aromatic rings. The standard InChI is InChI=1S/C23H31ClN6OS/c1-16-11-17(2)15-30(14-16)21-12-20(29-7-9-31-10-8-29)26-22(27-21)28-23(32)25-13-18-5-3-4-6-19(18)24/h3-6,12,16-17H,7-11,13-15H2,1-2H3,(H2,25,26,27,28,32)/t16-,17+. The first-order chi connectivity index (χ1) is 15.5. The first-order valence-corrected chi connectivity index (χ1v) is 12.0. The largest absolute Gasteiger partial charge is 0.378 e. The molecule has 1 aromatic carbocycles. The van der Waals surface area contributed by atoms with E-state index in [4.69, 9.17) is 38.5 Å². The third-order valence-electron chi connectivity index (χ3n) is 5.85. The summed E-state index contributed by atoms with van der Waals surface area (Å²) >= 11 is 11.8. The molecule has 4 rings (SSSR count). The number of rotatable bonds is 5. The molecule has 2 atom stereocenters. The second-order valence-corrected chi connectivity index (χ2v) is 9.57. The second kappa shape index (κ2) is 10.6. The Morgan fingerprint density at radius 1 is 1.09 bits per heavy atom. The molecule has 0 amide bonds. The van der Waals surface area contributed by atoms with Gasteiger partial charge in [-0.05, 0) is 42.1 Å². The van der Waals surface area contributed by atoms with Crippen LogP contribution in [0.25, 0.3) is 0 Å². The van der Waals surface area contributed by atoms with Gasteiger partial charge < -0.3 is 25.2 Å². The summed E-state index contributed by atoms with van der Waals surface area (Å²) in [6, 6.07) is 9.82. The van der Waals surface area contributed by atoms with Crippen LogP contribution in [0.15, 0.2) is 30.3 Å². The second-order valence-electron chi connectivity index (χ2n) is 8.76. The van der Waals surface area contributed by atoms with Crippen LogP contribution in [0.1, 0.15) is 25.8 Å². The number of benzene rings is 1. The Balaban J connectivity index is 1.51. The first-order valence-electron chi connectivity index (χ1n) is 11.2. The molecule has 0 radical (unpaired) electrons. The van der Waals surface area contributed by atoms with Gasteiger partial charge in [0.25, 0.3) is 0 Å². The number of nitrogens with zero attached hydrogens (tertiary/aromatic N) is 4. The van der Waals surface area contributed by atoms with Crippen LogP contribution in [0.5, 0.6) is 0 Å². The van der Waals surface area contributed by atoms with Crippen molar-refractivity contribution in [1.82, 2.24) is 15.3 Å². The van der Waals surface area contributed by atoms with Crippen molar-refractivity contribution < 1.29 is 4.74 Å². The Labute approximate surface area is 200 Å². The molecule has 2 fully saturated rings. The van der Waals surface area contributed by atoms with Crippen molar-refractivity contribution in [3.05, 3.63) is 40.9 Å². The van der Waals surface area contributed by atoms with E-state index in [1.165, 1.54) is 6.42 Å². The minimum atomic E-state index is 0.468. The molecular weight excluding hydrogens is 444 g/mol. The van der Waals surface area contributed by atoms with E-state index >= 15 is 0 Å². The van der Waals surface area contributed by atoms with Crippen molar-refractivity contribution in [3.8, 4) is 0 Å². The maximum atomic E-state index is 6.26. The van der Waals surface area contributed by atoms with Gasteiger partial charge in [-0.2, -0.15) is 9.97 Å². The lowest BCUT2D eigenvalue weighted by Crippen LogP contribution is -2.40. The summed E-state index contributed by atoms with van der Waals surface area (Å²) in [5, 5.41) is 7.57. The fraction of sp³-hybridized carbons (Fsp3) is 0.522. The third kappa shape index (κ3) is 5.99. The van der Waals surface area contributed by atoms with Crippen LogP contribution in [-0.4, -0.2) is 54.5 Å². The quantitative estimate of drug-likeness (QED) is 0.632. The molecule has 0 unspecified atom stereocenters. The highest BCUT2D eigenvalue weighted by molar-refractivity contribution is 7.80. The van der Waals surface area contributed by atoms with E-state index in [-0.39, 0.29) is 0 Å². The van der Waals surface area contributed by atoms with Crippen molar-refractivity contribution in [2.24, 2.45) is 11.8 Å². The average Bonchev–Trinajstić information content (AvgIpc) is 2.78. The molecule has 9 heteroatoms. The normalized spacial score (nSPS) is 21.3. The average molecular weight is 475 g/mol. The van der Waals surface area contributed by atoms with Crippen LogP contribution >= 0.6 is 23.8 Å². The summed E-state index contributed by atoms with van der Waals surface area (Å²) in [5.41, 5.74) is 0.985. The minimum Gasteiger partial charge on any atom is -0.378 e. The van der Waals surface area contributed by atoms with E-state index in [9.17, 15) is 0 Å². The van der Waals surface area contributed by atoms with Gasteiger partial charge in [-0.25, -0.2) is 0 Å². The van der Waals surface area contributed by atoms with Gasteiger partial charge in [0.2, 0.25) is 5.95 Å². The lowest BCUT2D eigenvalue weighted by molar-refractivity contribution is 0.122. The maximum Gasteiger partial charge on any atom is 0.232 e. The number of halogens is 1. The number of thiocarbonyl (C=S) groups is 1. The molecule has 32 heavy (non-hydrogen) atoms. The maximum absolute atomic E-state index is 6.26. The molecular formula is C23H31ClN6OS. The van der Waals surface area contributed by atoms with Gasteiger partial charge >= 0.3 is 0 Å². The van der Waals surface area contributed by atoms with E-state index in [2.05, 4.69) is 40.3 Å². The number of anilines is 3. The predicted molar refractivity (Wildman–Crippen MR) is 135 cm³/mol. The molecule has 2 N–H and O–H groups in total. The topological polar surface area (TPSA) is 65.6 Å². The number of hydrogen-bond donors (Lipinski definition) is 2. The highest BCUT2D eigenvalue weighted by atomic mass is 35.5. The molecule has 0 saturated carbocycles. The highest BCUT2D eigenvalue weighted by Gasteiger charge is 2.25. The van der Waals surface area contributed by atoms with Crippen LogP contribution in [-0.2, 0) is 11.3 Å². The number of hydrogen-bond acceptors (Lipinski definition) is 6. The zero-order valence-electron chi connectivity index (χ0n) is 18.7. The van der Waals surface area contributed by atoms with Crippen molar-refractivity contribution in [1.29, 1.82) is 0 Å². The fourth-order valence-corrected chi connectivity index (χ4v) is 4.77. The van der Waals surface area contributed by atoms with E-state index in [1.807, 2.05) is 24.3 Å². The SMILES string of the molecule is C[C@@H]1C[C@H](C)CN(c2cc(N3CCOCC3)nc(NC(=S)NCc3ccccc3Cl)n2)C1. The molecule has 2 aliphatic rings. The van der Waals surface area contributed by atoms with E-state index < -0.39 is 0 Å². The van der Waals surface area contributed by atoms with Crippen LogP contribution in [0.2, 0.25) is 5.02 Å². The van der Waals surface area contributed by atoms with Gasteiger partial charge in [0.1, 0.15) is 11.6 Å². The Bertz CT molecular complexity index is 928. The Morgan fingerprint density at radius 3 is 2.44 bits per heavy atom. The van der Waals surface area contributed by atoms with Crippen molar-refractivity contribution in [2.75, 3.05) is 54.5 Å². The summed E-state index contributed by atoms with van der Waals surface area (Å²) in [7, 11) is 0. The number of piperidine rings is 1. The molecule has 172 valence electrons. The van der Waals surface area contributed by atoms with Crippen molar-refractivity contribution in [2.45, 2.75) is 26.8 Å². The number of aromatic nitrogens is 2. The summed E-state index contributed by atoms with van der Waals surface area (Å²) in [6.45, 7) is 10.2. The van der Waals surface area contributed by atoms with Gasteiger partial charge in [-0.1, -0.05) is 43.6 Å². The first kappa shape index (κ1) is 23.0. The summed E-state index contributed by atoms with van der Waals surface area (Å²) < 4.78 is 5.52.